The zero-order chi connectivity index (χ0) is 10.4. The van der Waals surface area contributed by atoms with E-state index in [9.17, 15) is 4.79 Å². The number of carbonyl (C=O) groups excluding carboxylic acids is 1. The van der Waals surface area contributed by atoms with Crippen LogP contribution in [0.15, 0.2) is 40.9 Å². The fourth-order valence-electron chi connectivity index (χ4n) is 0.935. The van der Waals surface area contributed by atoms with E-state index < -0.39 is 0 Å². The SMILES string of the molecule is C/C=C(\[Se]c1ccccc1)C(=O)OC. The van der Waals surface area contributed by atoms with Gasteiger partial charge in [0.25, 0.3) is 0 Å². The Morgan fingerprint density at radius 2 is 2.00 bits per heavy atom. The summed E-state index contributed by atoms with van der Waals surface area (Å²) in [4.78, 5) is 11.3. The van der Waals surface area contributed by atoms with Gasteiger partial charge >= 0.3 is 89.8 Å². The van der Waals surface area contributed by atoms with Crippen molar-refractivity contribution in [1.82, 2.24) is 0 Å². The van der Waals surface area contributed by atoms with E-state index in [1.165, 1.54) is 11.6 Å². The van der Waals surface area contributed by atoms with Gasteiger partial charge in [0, 0.05) is 0 Å². The molecule has 14 heavy (non-hydrogen) atoms. The summed E-state index contributed by atoms with van der Waals surface area (Å²) in [5.74, 6) is -0.226. The minimum absolute atomic E-state index is 0.0447. The summed E-state index contributed by atoms with van der Waals surface area (Å²) in [5.41, 5.74) is 0. The van der Waals surface area contributed by atoms with Crippen LogP contribution in [0.4, 0.5) is 0 Å². The number of benzene rings is 1. The molecule has 0 aliphatic heterocycles. The molecule has 0 saturated heterocycles. The molecule has 0 unspecified atom stereocenters. The average molecular weight is 255 g/mol. The molecule has 0 spiro atoms. The van der Waals surface area contributed by atoms with Gasteiger partial charge in [0.05, 0.1) is 0 Å². The van der Waals surface area contributed by atoms with E-state index in [0.717, 1.165) is 4.47 Å². The van der Waals surface area contributed by atoms with Crippen molar-refractivity contribution in [3.05, 3.63) is 40.9 Å². The third kappa shape index (κ3) is 3.02. The van der Waals surface area contributed by atoms with Crippen molar-refractivity contribution >= 4 is 25.4 Å². The normalized spacial score (nSPS) is 11.1. The van der Waals surface area contributed by atoms with Crippen LogP contribution >= 0.6 is 0 Å². The van der Waals surface area contributed by atoms with Crippen LogP contribution in [-0.4, -0.2) is 28.0 Å². The van der Waals surface area contributed by atoms with Crippen molar-refractivity contribution in [2.75, 3.05) is 7.11 Å². The molecule has 0 aliphatic rings. The Morgan fingerprint density at radius 3 is 2.50 bits per heavy atom. The van der Waals surface area contributed by atoms with Crippen LogP contribution < -0.4 is 4.46 Å². The second kappa shape index (κ2) is 5.63. The van der Waals surface area contributed by atoms with Gasteiger partial charge in [-0.25, -0.2) is 0 Å². The van der Waals surface area contributed by atoms with Gasteiger partial charge in [-0.2, -0.15) is 0 Å². The molecule has 0 atom stereocenters. The number of rotatable bonds is 3. The molecule has 0 bridgehead atoms. The molecule has 2 nitrogen and oxygen atoms in total. The topological polar surface area (TPSA) is 26.3 Å². The first kappa shape index (κ1) is 11.0. The number of ether oxygens (including phenoxy) is 1. The van der Waals surface area contributed by atoms with Crippen molar-refractivity contribution in [3.63, 3.8) is 0 Å². The van der Waals surface area contributed by atoms with E-state index in [1.807, 2.05) is 43.3 Å². The fraction of sp³-hybridized carbons (Fsp3) is 0.182. The van der Waals surface area contributed by atoms with Crippen LogP contribution in [0.5, 0.6) is 0 Å². The third-order valence-electron chi connectivity index (χ3n) is 1.62. The van der Waals surface area contributed by atoms with Gasteiger partial charge in [-0.05, 0) is 0 Å². The molecule has 0 amide bonds. The van der Waals surface area contributed by atoms with Crippen LogP contribution in [0.1, 0.15) is 6.92 Å². The van der Waals surface area contributed by atoms with Crippen LogP contribution in [0.2, 0.25) is 0 Å². The molecular weight excluding hydrogens is 243 g/mol. The first-order valence-electron chi connectivity index (χ1n) is 4.25. The summed E-state index contributed by atoms with van der Waals surface area (Å²) < 4.78 is 6.62. The van der Waals surface area contributed by atoms with Gasteiger partial charge in [-0.15, -0.1) is 0 Å². The van der Waals surface area contributed by atoms with Gasteiger partial charge < -0.3 is 0 Å². The number of methoxy groups -OCH3 is 1. The van der Waals surface area contributed by atoms with E-state index >= 15 is 0 Å². The fourth-order valence-corrected chi connectivity index (χ4v) is 2.68. The maximum absolute atomic E-state index is 11.3. The standard InChI is InChI=1S/C11H12O2Se/c1-3-10(11(12)13-2)14-9-7-5-4-6-8-9/h3-8H,1-2H3/b10-3-. The Bertz CT molecular complexity index is 330. The Labute approximate surface area is 90.1 Å². The summed E-state index contributed by atoms with van der Waals surface area (Å²) in [6.45, 7) is 1.86. The van der Waals surface area contributed by atoms with E-state index in [2.05, 4.69) is 4.74 Å². The van der Waals surface area contributed by atoms with Crippen molar-refractivity contribution in [1.29, 1.82) is 0 Å². The second-order valence-corrected chi connectivity index (χ2v) is 4.90. The quantitative estimate of drug-likeness (QED) is 0.459. The van der Waals surface area contributed by atoms with Crippen molar-refractivity contribution < 1.29 is 9.53 Å². The molecule has 3 heteroatoms. The van der Waals surface area contributed by atoms with Gasteiger partial charge in [-0.1, -0.05) is 0 Å². The van der Waals surface area contributed by atoms with Crippen LogP contribution in [0, 0.1) is 0 Å². The molecule has 0 fully saturated rings. The minimum atomic E-state index is -0.226. The predicted octanol–water partition coefficient (Wildman–Crippen LogP) is 1.09. The van der Waals surface area contributed by atoms with Crippen molar-refractivity contribution in [3.8, 4) is 0 Å². The van der Waals surface area contributed by atoms with E-state index in [0.29, 0.717) is 0 Å². The van der Waals surface area contributed by atoms with Crippen LogP contribution in [0.3, 0.4) is 0 Å². The molecule has 0 N–H and O–H groups in total. The molecule has 0 aromatic heterocycles. The molecule has 1 aromatic rings. The van der Waals surface area contributed by atoms with Gasteiger partial charge in [0.1, 0.15) is 0 Å². The van der Waals surface area contributed by atoms with E-state index in [4.69, 9.17) is 0 Å². The summed E-state index contributed by atoms with van der Waals surface area (Å²) in [5, 5.41) is 0. The maximum atomic E-state index is 11.3. The molecule has 0 radical (unpaired) electrons. The van der Waals surface area contributed by atoms with Gasteiger partial charge in [0.15, 0.2) is 0 Å². The third-order valence-corrected chi connectivity index (χ3v) is 3.99. The number of carbonyl (C=O) groups is 1. The summed E-state index contributed by atoms with van der Waals surface area (Å²) >= 11 is 0.0447. The first-order chi connectivity index (χ1) is 6.77. The zero-order valence-corrected chi connectivity index (χ0v) is 9.90. The van der Waals surface area contributed by atoms with E-state index in [-0.39, 0.29) is 20.9 Å². The Hall–Kier alpha value is -1.05. The second-order valence-electron chi connectivity index (χ2n) is 2.56. The van der Waals surface area contributed by atoms with Crippen LogP contribution in [0.25, 0.3) is 0 Å². The summed E-state index contributed by atoms with van der Waals surface area (Å²) in [6, 6.07) is 9.95. The van der Waals surface area contributed by atoms with Crippen LogP contribution in [-0.2, 0) is 9.53 Å². The molecule has 0 aliphatic carbocycles. The van der Waals surface area contributed by atoms with Crippen molar-refractivity contribution in [2.24, 2.45) is 0 Å². The van der Waals surface area contributed by atoms with Gasteiger partial charge in [-0.3, -0.25) is 0 Å². The molecule has 1 rings (SSSR count). The zero-order valence-electron chi connectivity index (χ0n) is 8.19. The average Bonchev–Trinajstić information content (AvgIpc) is 2.26. The Morgan fingerprint density at radius 1 is 1.36 bits per heavy atom. The van der Waals surface area contributed by atoms with Crippen molar-refractivity contribution in [2.45, 2.75) is 6.92 Å². The molecule has 74 valence electrons. The first-order valence-corrected chi connectivity index (χ1v) is 5.96. The van der Waals surface area contributed by atoms with E-state index in [1.54, 1.807) is 0 Å². The molecular formula is C11H12O2Se. The summed E-state index contributed by atoms with van der Waals surface area (Å²) in [6.07, 6.45) is 1.82. The predicted molar refractivity (Wildman–Crippen MR) is 57.6 cm³/mol. The molecule has 0 heterocycles. The monoisotopic (exact) mass is 256 g/mol. The summed E-state index contributed by atoms with van der Waals surface area (Å²) in [7, 11) is 1.41. The molecule has 0 saturated carbocycles. The number of esters is 1. The Kier molecular flexibility index (Phi) is 4.44. The number of allylic oxidation sites excluding steroid dienone is 1. The number of hydrogen-bond donors (Lipinski definition) is 0. The Balaban J connectivity index is 2.73. The molecule has 1 aromatic carbocycles. The number of hydrogen-bond acceptors (Lipinski definition) is 2. The van der Waals surface area contributed by atoms with Gasteiger partial charge in [0.2, 0.25) is 0 Å².